The molecule has 0 radical (unpaired) electrons. The molecule has 1 rings (SSSR count). The number of rotatable bonds is 4. The van der Waals surface area contributed by atoms with Gasteiger partial charge in [-0.05, 0) is 52.5 Å². The van der Waals surface area contributed by atoms with E-state index in [1.807, 2.05) is 34.6 Å². The zero-order valence-electron chi connectivity index (χ0n) is 13.5. The molecular weight excluding hydrogens is 256 g/mol. The van der Waals surface area contributed by atoms with Crippen LogP contribution in [0.5, 0.6) is 0 Å². The van der Waals surface area contributed by atoms with Crippen LogP contribution in [-0.4, -0.2) is 41.5 Å². The van der Waals surface area contributed by atoms with Gasteiger partial charge in [0.25, 0.3) is 0 Å². The van der Waals surface area contributed by atoms with Crippen molar-refractivity contribution in [1.29, 1.82) is 0 Å². The number of carbonyl (C=O) groups is 1. The van der Waals surface area contributed by atoms with Gasteiger partial charge in [-0.2, -0.15) is 0 Å². The van der Waals surface area contributed by atoms with Crippen LogP contribution in [0.15, 0.2) is 0 Å². The summed E-state index contributed by atoms with van der Waals surface area (Å²) >= 11 is 0. The molecule has 1 saturated heterocycles. The van der Waals surface area contributed by atoms with Gasteiger partial charge in [-0.15, -0.1) is 0 Å². The lowest BCUT2D eigenvalue weighted by molar-refractivity contribution is -0.00708. The first-order valence-electron chi connectivity index (χ1n) is 7.54. The molecule has 1 aliphatic heterocycles. The molecule has 2 atom stereocenters. The van der Waals surface area contributed by atoms with E-state index in [0.717, 1.165) is 19.4 Å². The molecule has 118 valence electrons. The molecule has 20 heavy (non-hydrogen) atoms. The minimum absolute atomic E-state index is 0.0882. The van der Waals surface area contributed by atoms with Crippen molar-refractivity contribution in [1.82, 2.24) is 10.6 Å². The molecule has 0 bridgehead atoms. The summed E-state index contributed by atoms with van der Waals surface area (Å²) in [4.78, 5) is 11.9. The first kappa shape index (κ1) is 17.2. The molecule has 0 spiro atoms. The van der Waals surface area contributed by atoms with Crippen LogP contribution in [-0.2, 0) is 4.74 Å². The van der Waals surface area contributed by atoms with Gasteiger partial charge >= 0.3 is 6.09 Å². The lowest BCUT2D eigenvalue weighted by atomic mass is 9.84. The standard InChI is InChI=1S/C15H30N2O3/c1-11(2)12(17-13(18)20-14(3,4)5)9-15(19)7-6-8-16-10-15/h11-12,16,19H,6-10H2,1-5H3,(H,17,18). The third-order valence-electron chi connectivity index (χ3n) is 3.56. The highest BCUT2D eigenvalue weighted by molar-refractivity contribution is 5.68. The molecule has 1 amide bonds. The summed E-state index contributed by atoms with van der Waals surface area (Å²) in [5.41, 5.74) is -1.24. The summed E-state index contributed by atoms with van der Waals surface area (Å²) in [6.07, 6.45) is 1.88. The van der Waals surface area contributed by atoms with Crippen LogP contribution in [0.4, 0.5) is 4.79 Å². The van der Waals surface area contributed by atoms with Crippen molar-refractivity contribution in [3.8, 4) is 0 Å². The number of ether oxygens (including phenoxy) is 1. The second-order valence-electron chi connectivity index (χ2n) is 7.21. The Kier molecular flexibility index (Phi) is 5.83. The molecule has 0 aliphatic carbocycles. The number of β-amino-alcohol motifs (C(OH)–C–C–N with tert-alkyl or cyclic N) is 1. The molecule has 2 unspecified atom stereocenters. The number of amides is 1. The van der Waals surface area contributed by atoms with Gasteiger partial charge in [-0.25, -0.2) is 4.79 Å². The molecule has 0 saturated carbocycles. The maximum absolute atomic E-state index is 11.9. The highest BCUT2D eigenvalue weighted by Gasteiger charge is 2.34. The van der Waals surface area contributed by atoms with E-state index < -0.39 is 17.3 Å². The maximum atomic E-state index is 11.9. The fourth-order valence-electron chi connectivity index (χ4n) is 2.45. The minimum atomic E-state index is -0.734. The zero-order valence-corrected chi connectivity index (χ0v) is 13.5. The summed E-state index contributed by atoms with van der Waals surface area (Å²) in [5, 5.41) is 16.7. The van der Waals surface area contributed by atoms with Crippen LogP contribution in [0.2, 0.25) is 0 Å². The van der Waals surface area contributed by atoms with Gasteiger partial charge in [-0.3, -0.25) is 0 Å². The summed E-state index contributed by atoms with van der Waals surface area (Å²) in [6, 6.07) is -0.0882. The number of alkyl carbamates (subject to hydrolysis) is 1. The Bertz CT molecular complexity index is 318. The lowest BCUT2D eigenvalue weighted by Gasteiger charge is -2.37. The largest absolute Gasteiger partial charge is 0.444 e. The van der Waals surface area contributed by atoms with Gasteiger partial charge in [0, 0.05) is 12.6 Å². The van der Waals surface area contributed by atoms with Gasteiger partial charge in [0.15, 0.2) is 0 Å². The van der Waals surface area contributed by atoms with Gasteiger partial charge in [0.2, 0.25) is 0 Å². The number of carbonyl (C=O) groups excluding carboxylic acids is 1. The van der Waals surface area contributed by atoms with Crippen molar-refractivity contribution in [2.75, 3.05) is 13.1 Å². The third kappa shape index (κ3) is 6.09. The first-order chi connectivity index (χ1) is 9.11. The van der Waals surface area contributed by atoms with Crippen molar-refractivity contribution in [3.63, 3.8) is 0 Å². The SMILES string of the molecule is CC(C)C(CC1(O)CCCNC1)NC(=O)OC(C)(C)C. The van der Waals surface area contributed by atoms with E-state index in [9.17, 15) is 9.90 Å². The predicted molar refractivity (Wildman–Crippen MR) is 79.7 cm³/mol. The number of piperidine rings is 1. The van der Waals surface area contributed by atoms with E-state index in [2.05, 4.69) is 10.6 Å². The summed E-state index contributed by atoms with van der Waals surface area (Å²) < 4.78 is 5.29. The Hall–Kier alpha value is -0.810. The third-order valence-corrected chi connectivity index (χ3v) is 3.56. The second kappa shape index (κ2) is 6.76. The zero-order chi connectivity index (χ0) is 15.4. The number of hydrogen-bond donors (Lipinski definition) is 3. The minimum Gasteiger partial charge on any atom is -0.444 e. The quantitative estimate of drug-likeness (QED) is 0.739. The normalized spacial score (nSPS) is 25.4. The van der Waals surface area contributed by atoms with Crippen molar-refractivity contribution in [2.45, 2.75) is 71.1 Å². The van der Waals surface area contributed by atoms with Gasteiger partial charge in [0.05, 0.1) is 5.60 Å². The molecule has 0 aromatic heterocycles. The summed E-state index contributed by atoms with van der Waals surface area (Å²) in [5.74, 6) is 0.244. The van der Waals surface area contributed by atoms with Crippen molar-refractivity contribution in [3.05, 3.63) is 0 Å². The van der Waals surface area contributed by atoms with Crippen molar-refractivity contribution in [2.24, 2.45) is 5.92 Å². The second-order valence-corrected chi connectivity index (χ2v) is 7.21. The molecule has 3 N–H and O–H groups in total. The van der Waals surface area contributed by atoms with Gasteiger partial charge in [0.1, 0.15) is 5.60 Å². The lowest BCUT2D eigenvalue weighted by Crippen LogP contribution is -2.52. The molecule has 0 aromatic carbocycles. The topological polar surface area (TPSA) is 70.6 Å². The summed E-state index contributed by atoms with van der Waals surface area (Å²) in [6.45, 7) is 11.2. The molecule has 0 aromatic rings. The Morgan fingerprint density at radius 3 is 2.55 bits per heavy atom. The van der Waals surface area contributed by atoms with Gasteiger partial charge < -0.3 is 20.5 Å². The van der Waals surface area contributed by atoms with Crippen molar-refractivity contribution >= 4 is 6.09 Å². The maximum Gasteiger partial charge on any atom is 0.407 e. The smallest absolute Gasteiger partial charge is 0.407 e. The number of aliphatic hydroxyl groups is 1. The van der Waals surface area contributed by atoms with Crippen LogP contribution < -0.4 is 10.6 Å². The first-order valence-corrected chi connectivity index (χ1v) is 7.54. The molecule has 1 fully saturated rings. The monoisotopic (exact) mass is 286 g/mol. The van der Waals surface area contributed by atoms with Gasteiger partial charge in [-0.1, -0.05) is 13.8 Å². The Morgan fingerprint density at radius 1 is 1.45 bits per heavy atom. The Balaban J connectivity index is 2.58. The molecular formula is C15H30N2O3. The fourth-order valence-corrected chi connectivity index (χ4v) is 2.45. The molecule has 5 heteroatoms. The van der Waals surface area contributed by atoms with E-state index in [0.29, 0.717) is 13.0 Å². The fraction of sp³-hybridized carbons (Fsp3) is 0.933. The molecule has 1 aliphatic rings. The highest BCUT2D eigenvalue weighted by atomic mass is 16.6. The van der Waals surface area contributed by atoms with Crippen LogP contribution in [0.1, 0.15) is 53.9 Å². The highest BCUT2D eigenvalue weighted by Crippen LogP contribution is 2.24. The molecule has 5 nitrogen and oxygen atoms in total. The van der Waals surface area contributed by atoms with E-state index in [-0.39, 0.29) is 12.0 Å². The van der Waals surface area contributed by atoms with Crippen LogP contribution in [0.3, 0.4) is 0 Å². The van der Waals surface area contributed by atoms with Crippen LogP contribution in [0.25, 0.3) is 0 Å². The Morgan fingerprint density at radius 2 is 2.10 bits per heavy atom. The number of hydrogen-bond acceptors (Lipinski definition) is 4. The van der Waals surface area contributed by atoms with E-state index in [1.54, 1.807) is 0 Å². The average molecular weight is 286 g/mol. The predicted octanol–water partition coefficient (Wildman–Crippen LogP) is 2.04. The van der Waals surface area contributed by atoms with Crippen molar-refractivity contribution < 1.29 is 14.6 Å². The van der Waals surface area contributed by atoms with Crippen LogP contribution in [0, 0.1) is 5.92 Å². The van der Waals surface area contributed by atoms with Crippen LogP contribution >= 0.6 is 0 Å². The number of nitrogens with one attached hydrogen (secondary N) is 2. The molecule has 1 heterocycles. The van der Waals surface area contributed by atoms with E-state index >= 15 is 0 Å². The van der Waals surface area contributed by atoms with E-state index in [4.69, 9.17) is 4.74 Å². The average Bonchev–Trinajstić information content (AvgIpc) is 2.25. The Labute approximate surface area is 122 Å². The summed E-state index contributed by atoms with van der Waals surface area (Å²) in [7, 11) is 0. The van der Waals surface area contributed by atoms with E-state index in [1.165, 1.54) is 0 Å².